The number of hydrogen-bond donors (Lipinski definition) is 1. The molecule has 0 aliphatic heterocycles. The number of nitrogens with zero attached hydrogens (tertiary/aromatic N) is 3. The molecular weight excluding hydrogens is 320 g/mol. The molecule has 0 atom stereocenters. The number of anilines is 1. The number of pyridine rings is 2. The van der Waals surface area contributed by atoms with Crippen molar-refractivity contribution in [3.05, 3.63) is 47.9 Å². The molecule has 0 amide bonds. The fourth-order valence-corrected chi connectivity index (χ4v) is 4.05. The van der Waals surface area contributed by atoms with Gasteiger partial charge in [0.05, 0.1) is 0 Å². The van der Waals surface area contributed by atoms with E-state index < -0.39 is 0 Å². The molecule has 0 fully saturated rings. The summed E-state index contributed by atoms with van der Waals surface area (Å²) < 4.78 is 2.23. The number of imidazole rings is 1. The Bertz CT molecular complexity index is 915. The van der Waals surface area contributed by atoms with E-state index in [4.69, 9.17) is 4.98 Å². The molecule has 3 heterocycles. The second-order valence-electron chi connectivity index (χ2n) is 9.16. The van der Waals surface area contributed by atoms with Gasteiger partial charge in [-0.25, -0.2) is 4.98 Å². The van der Waals surface area contributed by atoms with E-state index in [1.807, 2.05) is 24.5 Å². The molecule has 1 N–H and O–H groups in total. The van der Waals surface area contributed by atoms with Crippen LogP contribution in [0.3, 0.4) is 0 Å². The summed E-state index contributed by atoms with van der Waals surface area (Å²) >= 11 is 0. The normalized spacial score (nSPS) is 12.6. The van der Waals surface area contributed by atoms with Crippen LogP contribution in [-0.4, -0.2) is 19.9 Å². The molecule has 4 nitrogen and oxygen atoms in total. The zero-order valence-corrected chi connectivity index (χ0v) is 17.0. The second kappa shape index (κ2) is 6.42. The van der Waals surface area contributed by atoms with Crippen LogP contribution >= 0.6 is 0 Å². The number of nitrogens with one attached hydrogen (secondary N) is 1. The summed E-state index contributed by atoms with van der Waals surface area (Å²) in [6.07, 6.45) is 4.69. The zero-order valence-electron chi connectivity index (χ0n) is 17.0. The molecule has 0 spiro atoms. The van der Waals surface area contributed by atoms with Gasteiger partial charge >= 0.3 is 0 Å². The van der Waals surface area contributed by atoms with Gasteiger partial charge in [0.15, 0.2) is 0 Å². The summed E-state index contributed by atoms with van der Waals surface area (Å²) in [5.41, 5.74) is 5.61. The first-order valence-electron chi connectivity index (χ1n) is 9.24. The van der Waals surface area contributed by atoms with E-state index in [1.54, 1.807) is 0 Å². The van der Waals surface area contributed by atoms with Gasteiger partial charge in [-0.3, -0.25) is 9.38 Å². The third-order valence-electron chi connectivity index (χ3n) is 4.43. The van der Waals surface area contributed by atoms with Gasteiger partial charge in [0.25, 0.3) is 0 Å². The van der Waals surface area contributed by atoms with Gasteiger partial charge in [0.1, 0.15) is 17.2 Å². The quantitative estimate of drug-likeness (QED) is 0.662. The van der Waals surface area contributed by atoms with Crippen molar-refractivity contribution in [2.24, 2.45) is 5.41 Å². The molecule has 0 saturated heterocycles. The van der Waals surface area contributed by atoms with Crippen molar-refractivity contribution in [2.45, 2.75) is 60.4 Å². The lowest BCUT2D eigenvalue weighted by molar-refractivity contribution is 0.302. The van der Waals surface area contributed by atoms with Crippen LogP contribution in [0.25, 0.3) is 16.9 Å². The first kappa shape index (κ1) is 18.4. The van der Waals surface area contributed by atoms with Crippen LogP contribution in [0.15, 0.2) is 36.7 Å². The average Bonchev–Trinajstić information content (AvgIpc) is 2.83. The molecule has 0 unspecified atom stereocenters. The van der Waals surface area contributed by atoms with Crippen molar-refractivity contribution in [3.8, 4) is 11.3 Å². The maximum absolute atomic E-state index is 4.96. The highest BCUT2D eigenvalue weighted by Crippen LogP contribution is 2.35. The summed E-state index contributed by atoms with van der Waals surface area (Å²) in [4.78, 5) is 9.11. The summed E-state index contributed by atoms with van der Waals surface area (Å²) in [5, 5.41) is 3.81. The minimum atomic E-state index is -0.0622. The Labute approximate surface area is 156 Å². The largest absolute Gasteiger partial charge is 0.364 e. The zero-order chi connectivity index (χ0) is 19.1. The van der Waals surface area contributed by atoms with Crippen molar-refractivity contribution < 1.29 is 0 Å². The molecule has 0 radical (unpaired) electrons. The average molecular weight is 351 g/mol. The smallest absolute Gasteiger partial charge is 0.139 e. The van der Waals surface area contributed by atoms with Gasteiger partial charge in [-0.2, -0.15) is 0 Å². The van der Waals surface area contributed by atoms with Crippen LogP contribution in [0.1, 0.15) is 52.3 Å². The highest BCUT2D eigenvalue weighted by atomic mass is 15.2. The van der Waals surface area contributed by atoms with E-state index in [1.165, 1.54) is 11.3 Å². The first-order chi connectivity index (χ1) is 12.1. The Morgan fingerprint density at radius 2 is 1.65 bits per heavy atom. The molecule has 138 valence electrons. The molecule has 0 aromatic carbocycles. The summed E-state index contributed by atoms with van der Waals surface area (Å²) in [5.74, 6) is 1.05. The molecule has 3 aromatic heterocycles. The maximum atomic E-state index is 4.96. The highest BCUT2D eigenvalue weighted by molar-refractivity contribution is 5.77. The van der Waals surface area contributed by atoms with E-state index in [-0.39, 0.29) is 11.0 Å². The molecule has 26 heavy (non-hydrogen) atoms. The Kier molecular flexibility index (Phi) is 4.55. The van der Waals surface area contributed by atoms with E-state index in [9.17, 15) is 0 Å². The summed E-state index contributed by atoms with van der Waals surface area (Å²) in [6, 6.07) is 8.38. The molecule has 0 saturated carbocycles. The number of fused-ring (bicyclic) bond motifs is 1. The van der Waals surface area contributed by atoms with Crippen LogP contribution in [0, 0.1) is 19.3 Å². The van der Waals surface area contributed by atoms with Crippen molar-refractivity contribution >= 4 is 11.5 Å². The van der Waals surface area contributed by atoms with Gasteiger partial charge in [0, 0.05) is 29.2 Å². The molecule has 4 heteroatoms. The van der Waals surface area contributed by atoms with Crippen molar-refractivity contribution in [3.63, 3.8) is 0 Å². The Morgan fingerprint density at radius 3 is 2.27 bits per heavy atom. The Morgan fingerprint density at radius 1 is 1.00 bits per heavy atom. The topological polar surface area (TPSA) is 42.2 Å². The molecule has 0 aliphatic rings. The van der Waals surface area contributed by atoms with Crippen molar-refractivity contribution in [1.29, 1.82) is 0 Å². The molecule has 0 bridgehead atoms. The predicted molar refractivity (Wildman–Crippen MR) is 110 cm³/mol. The number of aryl methyl sites for hydroxylation is 2. The predicted octanol–water partition coefficient (Wildman–Crippen LogP) is 5.64. The highest BCUT2D eigenvalue weighted by Gasteiger charge is 2.28. The summed E-state index contributed by atoms with van der Waals surface area (Å²) in [7, 11) is 0. The minimum Gasteiger partial charge on any atom is -0.364 e. The fraction of sp³-hybridized carbons (Fsp3) is 0.455. The third kappa shape index (κ3) is 3.90. The first-order valence-corrected chi connectivity index (χ1v) is 9.24. The van der Waals surface area contributed by atoms with E-state index in [2.05, 4.69) is 75.3 Å². The van der Waals surface area contributed by atoms with Crippen LogP contribution in [-0.2, 0) is 0 Å². The lowest BCUT2D eigenvalue weighted by Gasteiger charge is -2.34. The van der Waals surface area contributed by atoms with Crippen LogP contribution in [0.5, 0.6) is 0 Å². The summed E-state index contributed by atoms with van der Waals surface area (Å²) in [6.45, 7) is 15.6. The number of hydrogen-bond acceptors (Lipinski definition) is 3. The van der Waals surface area contributed by atoms with Crippen LogP contribution in [0.4, 0.5) is 5.82 Å². The van der Waals surface area contributed by atoms with Gasteiger partial charge in [-0.15, -0.1) is 0 Å². The van der Waals surface area contributed by atoms with Gasteiger partial charge in [-0.1, -0.05) is 20.8 Å². The number of rotatable bonds is 4. The SMILES string of the molecule is Cc1cc(C)n2c(NC(C)(C)CC(C)(C)C)c(-c3ccncc3)nc2c1. The van der Waals surface area contributed by atoms with Crippen LogP contribution < -0.4 is 5.32 Å². The lowest BCUT2D eigenvalue weighted by atomic mass is 9.82. The third-order valence-corrected chi connectivity index (χ3v) is 4.43. The standard InChI is InChI=1S/C22H30N4/c1-15-12-16(2)26-18(13-15)24-19(17-8-10-23-11-9-17)20(26)25-22(6,7)14-21(3,4)5/h8-13,25H,14H2,1-7H3. The van der Waals surface area contributed by atoms with E-state index in [0.717, 1.165) is 29.1 Å². The lowest BCUT2D eigenvalue weighted by Crippen LogP contribution is -2.36. The van der Waals surface area contributed by atoms with Gasteiger partial charge in [-0.05, 0) is 69.4 Å². The van der Waals surface area contributed by atoms with Crippen molar-refractivity contribution in [2.75, 3.05) is 5.32 Å². The Balaban J connectivity index is 2.18. The number of aromatic nitrogens is 3. The second-order valence-corrected chi connectivity index (χ2v) is 9.16. The molecule has 3 rings (SSSR count). The van der Waals surface area contributed by atoms with Crippen LogP contribution in [0.2, 0.25) is 0 Å². The van der Waals surface area contributed by atoms with Crippen molar-refractivity contribution in [1.82, 2.24) is 14.4 Å². The van der Waals surface area contributed by atoms with E-state index in [0.29, 0.717) is 0 Å². The maximum Gasteiger partial charge on any atom is 0.139 e. The van der Waals surface area contributed by atoms with E-state index >= 15 is 0 Å². The minimum absolute atomic E-state index is 0.0622. The fourth-order valence-electron chi connectivity index (χ4n) is 4.05. The van der Waals surface area contributed by atoms with Gasteiger partial charge in [0.2, 0.25) is 0 Å². The molecule has 3 aromatic rings. The van der Waals surface area contributed by atoms with Gasteiger partial charge < -0.3 is 5.32 Å². The monoisotopic (exact) mass is 350 g/mol. The molecule has 0 aliphatic carbocycles. The molecular formula is C22H30N4. The Hall–Kier alpha value is -2.36.